The summed E-state index contributed by atoms with van der Waals surface area (Å²) in [5.41, 5.74) is 4.73. The Hall–Kier alpha value is -2.39. The van der Waals surface area contributed by atoms with Crippen molar-refractivity contribution in [2.45, 2.75) is 26.4 Å². The van der Waals surface area contributed by atoms with Crippen molar-refractivity contribution in [2.75, 3.05) is 26.2 Å². The van der Waals surface area contributed by atoms with Gasteiger partial charge in [-0.15, -0.1) is 24.0 Å². The number of oxazole rings is 1. The van der Waals surface area contributed by atoms with E-state index in [2.05, 4.69) is 56.7 Å². The van der Waals surface area contributed by atoms with Crippen molar-refractivity contribution in [1.82, 2.24) is 20.5 Å². The van der Waals surface area contributed by atoms with Crippen LogP contribution in [0.15, 0.2) is 70.3 Å². The molecule has 3 aromatic rings. The van der Waals surface area contributed by atoms with E-state index < -0.39 is 0 Å². The average Bonchev–Trinajstić information content (AvgIpc) is 3.27. The van der Waals surface area contributed by atoms with E-state index in [-0.39, 0.29) is 24.0 Å². The number of halogens is 1. The first-order chi connectivity index (χ1) is 14.8. The maximum atomic E-state index is 5.60. The summed E-state index contributed by atoms with van der Waals surface area (Å²) < 4.78 is 5.60. The fourth-order valence-electron chi connectivity index (χ4n) is 3.67. The summed E-state index contributed by atoms with van der Waals surface area (Å²) in [5.74, 6) is 1.43. The van der Waals surface area contributed by atoms with E-state index in [4.69, 9.17) is 4.42 Å². The average molecular weight is 531 g/mol. The number of fused-ring (bicyclic) bond motifs is 1. The van der Waals surface area contributed by atoms with Gasteiger partial charge in [-0.05, 0) is 36.6 Å². The first-order valence-electron chi connectivity index (χ1n) is 10.6. The molecule has 0 atom stereocenters. The molecule has 4 rings (SSSR count). The lowest BCUT2D eigenvalue weighted by Crippen LogP contribution is -2.42. The predicted octanol–water partition coefficient (Wildman–Crippen LogP) is 4.07. The number of aliphatic imine (C=N–C) groups is 1. The van der Waals surface area contributed by atoms with E-state index in [9.17, 15) is 0 Å². The van der Waals surface area contributed by atoms with E-state index in [1.165, 1.54) is 11.1 Å². The molecule has 1 aliphatic heterocycles. The van der Waals surface area contributed by atoms with Crippen molar-refractivity contribution < 1.29 is 4.42 Å². The van der Waals surface area contributed by atoms with E-state index in [0.29, 0.717) is 12.4 Å². The molecule has 0 spiro atoms. The Morgan fingerprint density at radius 3 is 2.65 bits per heavy atom. The zero-order valence-electron chi connectivity index (χ0n) is 17.9. The summed E-state index contributed by atoms with van der Waals surface area (Å²) in [6.45, 7) is 7.32. The molecule has 0 saturated carbocycles. The van der Waals surface area contributed by atoms with E-state index in [1.54, 1.807) is 6.26 Å². The highest BCUT2D eigenvalue weighted by molar-refractivity contribution is 14.0. The van der Waals surface area contributed by atoms with Gasteiger partial charge in [0, 0.05) is 38.3 Å². The van der Waals surface area contributed by atoms with Gasteiger partial charge in [-0.2, -0.15) is 0 Å². The van der Waals surface area contributed by atoms with Gasteiger partial charge in [0.15, 0.2) is 5.96 Å². The molecule has 0 saturated heterocycles. The molecule has 0 aliphatic carbocycles. The van der Waals surface area contributed by atoms with E-state index in [1.807, 2.05) is 30.3 Å². The Morgan fingerprint density at radius 1 is 1.06 bits per heavy atom. The molecule has 2 aromatic carbocycles. The van der Waals surface area contributed by atoms with Crippen LogP contribution in [0.1, 0.15) is 23.7 Å². The number of rotatable bonds is 7. The number of hydrogen-bond acceptors (Lipinski definition) is 4. The maximum Gasteiger partial charge on any atom is 0.226 e. The molecule has 0 unspecified atom stereocenters. The molecule has 0 amide bonds. The lowest BCUT2D eigenvalue weighted by molar-refractivity contribution is 0.258. The third-order valence-corrected chi connectivity index (χ3v) is 5.25. The lowest BCUT2D eigenvalue weighted by Gasteiger charge is -2.28. The van der Waals surface area contributed by atoms with Crippen LogP contribution in [0.3, 0.4) is 0 Å². The van der Waals surface area contributed by atoms with Crippen LogP contribution < -0.4 is 10.6 Å². The Bertz CT molecular complexity index is 973. The van der Waals surface area contributed by atoms with Gasteiger partial charge in [0.1, 0.15) is 12.0 Å². The fourth-order valence-corrected chi connectivity index (χ4v) is 3.67. The van der Waals surface area contributed by atoms with Gasteiger partial charge >= 0.3 is 0 Å². The summed E-state index contributed by atoms with van der Waals surface area (Å²) in [7, 11) is 0. The van der Waals surface area contributed by atoms with Crippen molar-refractivity contribution >= 4 is 29.9 Å². The van der Waals surface area contributed by atoms with Crippen LogP contribution in [0.25, 0.3) is 11.5 Å². The van der Waals surface area contributed by atoms with Crippen molar-refractivity contribution in [3.63, 3.8) is 0 Å². The molecule has 2 N–H and O–H groups in total. The molecule has 7 heteroatoms. The normalized spacial score (nSPS) is 13.9. The van der Waals surface area contributed by atoms with Crippen LogP contribution >= 0.6 is 24.0 Å². The quantitative estimate of drug-likeness (QED) is 0.274. The number of nitrogens with one attached hydrogen (secondary N) is 2. The van der Waals surface area contributed by atoms with Gasteiger partial charge in [0.2, 0.25) is 5.89 Å². The van der Waals surface area contributed by atoms with Crippen LogP contribution in [0.2, 0.25) is 0 Å². The van der Waals surface area contributed by atoms with Gasteiger partial charge in [-0.1, -0.05) is 42.5 Å². The van der Waals surface area contributed by atoms with Crippen LogP contribution in [-0.2, 0) is 19.5 Å². The van der Waals surface area contributed by atoms with Crippen molar-refractivity contribution in [3.8, 4) is 11.5 Å². The molecule has 0 radical (unpaired) electrons. The van der Waals surface area contributed by atoms with Crippen molar-refractivity contribution in [2.24, 2.45) is 4.99 Å². The molecule has 31 heavy (non-hydrogen) atoms. The second-order valence-electron chi connectivity index (χ2n) is 7.43. The zero-order chi connectivity index (χ0) is 20.6. The Kier molecular flexibility index (Phi) is 8.90. The van der Waals surface area contributed by atoms with Crippen LogP contribution in [0, 0.1) is 0 Å². The zero-order valence-corrected chi connectivity index (χ0v) is 20.2. The van der Waals surface area contributed by atoms with Gasteiger partial charge < -0.3 is 15.1 Å². The molecule has 1 aliphatic rings. The SMILES string of the molecule is CCNC(=NCc1coc(-c2ccccc2)n1)NCCN1CCc2ccccc2C1.I. The summed E-state index contributed by atoms with van der Waals surface area (Å²) >= 11 is 0. The first-order valence-corrected chi connectivity index (χ1v) is 10.6. The highest BCUT2D eigenvalue weighted by atomic mass is 127. The van der Waals surface area contributed by atoms with Crippen LogP contribution in [0.4, 0.5) is 0 Å². The molecule has 0 bridgehead atoms. The number of benzene rings is 2. The highest BCUT2D eigenvalue weighted by Gasteiger charge is 2.15. The summed E-state index contributed by atoms with van der Waals surface area (Å²) in [4.78, 5) is 11.7. The minimum atomic E-state index is 0. The van der Waals surface area contributed by atoms with Gasteiger partial charge in [0.25, 0.3) is 0 Å². The molecule has 1 aromatic heterocycles. The summed E-state index contributed by atoms with van der Waals surface area (Å²) in [5, 5.41) is 6.75. The molecule has 164 valence electrons. The molecule has 6 nitrogen and oxygen atoms in total. The fraction of sp³-hybridized carbons (Fsp3) is 0.333. The Labute approximate surface area is 201 Å². The number of aromatic nitrogens is 1. The second kappa shape index (κ2) is 11.9. The van der Waals surface area contributed by atoms with Gasteiger partial charge in [-0.25, -0.2) is 9.98 Å². The number of guanidine groups is 1. The summed E-state index contributed by atoms with van der Waals surface area (Å²) in [6, 6.07) is 18.7. The monoisotopic (exact) mass is 531 g/mol. The second-order valence-corrected chi connectivity index (χ2v) is 7.43. The first kappa shape index (κ1) is 23.3. The third kappa shape index (κ3) is 6.54. The molecular weight excluding hydrogens is 501 g/mol. The molecule has 2 heterocycles. The van der Waals surface area contributed by atoms with Crippen molar-refractivity contribution in [1.29, 1.82) is 0 Å². The third-order valence-electron chi connectivity index (χ3n) is 5.25. The topological polar surface area (TPSA) is 65.7 Å². The smallest absolute Gasteiger partial charge is 0.226 e. The van der Waals surface area contributed by atoms with Crippen LogP contribution in [-0.4, -0.2) is 42.0 Å². The Morgan fingerprint density at radius 2 is 1.84 bits per heavy atom. The minimum absolute atomic E-state index is 0. The maximum absolute atomic E-state index is 5.60. The largest absolute Gasteiger partial charge is 0.444 e. The lowest BCUT2D eigenvalue weighted by atomic mass is 10.00. The highest BCUT2D eigenvalue weighted by Crippen LogP contribution is 2.19. The Balaban J connectivity index is 0.00000272. The van der Waals surface area contributed by atoms with Crippen LogP contribution in [0.5, 0.6) is 0 Å². The summed E-state index contributed by atoms with van der Waals surface area (Å²) in [6.07, 6.45) is 2.81. The number of nitrogens with zero attached hydrogens (tertiary/aromatic N) is 3. The van der Waals surface area contributed by atoms with Crippen molar-refractivity contribution in [3.05, 3.63) is 77.7 Å². The van der Waals surface area contributed by atoms with Gasteiger partial charge in [0.05, 0.1) is 6.54 Å². The minimum Gasteiger partial charge on any atom is -0.444 e. The molecular formula is C24H30IN5O. The standard InChI is InChI=1S/C24H29N5O.HI/c1-2-25-24(26-13-15-29-14-12-19-8-6-7-11-21(19)17-29)27-16-22-18-30-23(28-22)20-9-4-3-5-10-20;/h3-11,18H,2,12-17H2,1H3,(H2,25,26,27);1H. The van der Waals surface area contributed by atoms with E-state index in [0.717, 1.165) is 56.4 Å². The van der Waals surface area contributed by atoms with E-state index >= 15 is 0 Å². The molecule has 0 fully saturated rings. The number of hydrogen-bond donors (Lipinski definition) is 2. The predicted molar refractivity (Wildman–Crippen MR) is 136 cm³/mol. The van der Waals surface area contributed by atoms with Gasteiger partial charge in [-0.3, -0.25) is 4.90 Å².